The summed E-state index contributed by atoms with van der Waals surface area (Å²) in [4.78, 5) is 22.2. The van der Waals surface area contributed by atoms with E-state index < -0.39 is 33.2 Å². The van der Waals surface area contributed by atoms with E-state index in [1.807, 2.05) is 0 Å². The number of aliphatic carboxylic acids is 2. The summed E-state index contributed by atoms with van der Waals surface area (Å²) in [6, 6.07) is 0. The highest BCUT2D eigenvalue weighted by atomic mass is 32.2. The first kappa shape index (κ1) is 31.7. The lowest BCUT2D eigenvalue weighted by atomic mass is 10.0. The van der Waals surface area contributed by atoms with Gasteiger partial charge in [0.2, 0.25) is 0 Å². The minimum Gasteiger partial charge on any atom is -0.481 e. The van der Waals surface area contributed by atoms with Crippen molar-refractivity contribution < 1.29 is 47.0 Å². The van der Waals surface area contributed by atoms with Crippen LogP contribution in [0.4, 0.5) is 0 Å². The number of hydrogen-bond donors (Lipinski definition) is 3. The Morgan fingerprint density at radius 1 is 0.667 bits per heavy atom. The van der Waals surface area contributed by atoms with Crippen LogP contribution >= 0.6 is 0 Å². The molecule has 10 nitrogen and oxygen atoms in total. The van der Waals surface area contributed by atoms with Crippen molar-refractivity contribution in [2.24, 2.45) is 5.92 Å². The second kappa shape index (κ2) is 20.1. The molecule has 0 radical (unpaired) electrons. The summed E-state index contributed by atoms with van der Waals surface area (Å²) in [5.41, 5.74) is 0. The van der Waals surface area contributed by atoms with Crippen molar-refractivity contribution >= 4 is 22.1 Å². The Morgan fingerprint density at radius 2 is 1.09 bits per heavy atom. The van der Waals surface area contributed by atoms with Crippen molar-refractivity contribution in [2.75, 3.05) is 39.6 Å². The van der Waals surface area contributed by atoms with Gasteiger partial charge in [-0.3, -0.25) is 14.1 Å². The zero-order valence-corrected chi connectivity index (χ0v) is 20.6. The first-order valence-electron chi connectivity index (χ1n) is 11.9. The molecule has 0 aromatic rings. The largest absolute Gasteiger partial charge is 0.481 e. The predicted octanol–water partition coefficient (Wildman–Crippen LogP) is 3.39. The molecule has 0 aromatic carbocycles. The van der Waals surface area contributed by atoms with Gasteiger partial charge in [0.05, 0.1) is 32.3 Å². The zero-order chi connectivity index (χ0) is 25.0. The Bertz CT molecular complexity index is 608. The lowest BCUT2D eigenvalue weighted by molar-refractivity contribution is -0.148. The molecule has 0 saturated carbocycles. The number of carbonyl (C=O) groups is 2. The van der Waals surface area contributed by atoms with E-state index in [2.05, 4.69) is 6.92 Å². The van der Waals surface area contributed by atoms with E-state index in [1.54, 1.807) is 0 Å². The predicted molar refractivity (Wildman–Crippen MR) is 123 cm³/mol. The first-order valence-corrected chi connectivity index (χ1v) is 13.4. The summed E-state index contributed by atoms with van der Waals surface area (Å²) < 4.78 is 47.3. The van der Waals surface area contributed by atoms with E-state index >= 15 is 0 Å². The molecule has 0 heterocycles. The number of carboxylic acids is 2. The van der Waals surface area contributed by atoms with E-state index in [-0.39, 0.29) is 26.2 Å². The van der Waals surface area contributed by atoms with Crippen molar-refractivity contribution in [1.29, 1.82) is 0 Å². The monoisotopic (exact) mass is 498 g/mol. The van der Waals surface area contributed by atoms with E-state index in [4.69, 9.17) is 29.0 Å². The van der Waals surface area contributed by atoms with Gasteiger partial charge in [0, 0.05) is 13.2 Å². The molecule has 3 N–H and O–H groups in total. The molecule has 0 fully saturated rings. The first-order chi connectivity index (χ1) is 15.7. The summed E-state index contributed by atoms with van der Waals surface area (Å²) >= 11 is 0. The highest BCUT2D eigenvalue weighted by Crippen LogP contribution is 2.17. The maximum Gasteiger partial charge on any atom is 0.325 e. The molecule has 0 bridgehead atoms. The SMILES string of the molecule is CCCCCCCCCCCCOCCOCCOCC[C@H](C(=O)O)[C@@H](C(=O)O)S(=O)(=O)O. The second-order valence-electron chi connectivity index (χ2n) is 8.03. The van der Waals surface area contributed by atoms with Crippen molar-refractivity contribution in [3.8, 4) is 0 Å². The van der Waals surface area contributed by atoms with Gasteiger partial charge >= 0.3 is 11.9 Å². The third kappa shape index (κ3) is 17.8. The molecule has 11 heteroatoms. The Hall–Kier alpha value is -1.27. The molecule has 0 aliphatic rings. The van der Waals surface area contributed by atoms with E-state index in [0.29, 0.717) is 19.8 Å². The quantitative estimate of drug-likeness (QED) is 0.133. The third-order valence-corrected chi connectivity index (χ3v) is 6.38. The van der Waals surface area contributed by atoms with Gasteiger partial charge < -0.3 is 24.4 Å². The molecule has 0 aliphatic heterocycles. The lowest BCUT2D eigenvalue weighted by Gasteiger charge is -2.17. The second-order valence-corrected chi connectivity index (χ2v) is 9.56. The number of rotatable bonds is 24. The van der Waals surface area contributed by atoms with Crippen molar-refractivity contribution in [2.45, 2.75) is 82.8 Å². The summed E-state index contributed by atoms with van der Waals surface area (Å²) in [6.07, 6.45) is 12.3. The van der Waals surface area contributed by atoms with Crippen molar-refractivity contribution in [3.63, 3.8) is 0 Å². The van der Waals surface area contributed by atoms with Crippen LogP contribution in [0.2, 0.25) is 0 Å². The molecule has 0 rings (SSSR count). The fourth-order valence-corrected chi connectivity index (χ4v) is 4.28. The molecule has 0 unspecified atom stereocenters. The van der Waals surface area contributed by atoms with Crippen LogP contribution in [0.15, 0.2) is 0 Å². The molecule has 2 atom stereocenters. The highest BCUT2D eigenvalue weighted by molar-refractivity contribution is 7.87. The third-order valence-electron chi connectivity index (χ3n) is 5.21. The van der Waals surface area contributed by atoms with Crippen LogP contribution in [-0.2, 0) is 33.9 Å². The summed E-state index contributed by atoms with van der Waals surface area (Å²) in [5, 5.41) is 15.5. The van der Waals surface area contributed by atoms with E-state index in [1.165, 1.54) is 57.8 Å². The maximum atomic E-state index is 11.2. The molecule has 0 aliphatic carbocycles. The molecule has 0 amide bonds. The average molecular weight is 499 g/mol. The van der Waals surface area contributed by atoms with Crippen LogP contribution in [0, 0.1) is 5.92 Å². The molecular formula is C22H42O10S. The number of ether oxygens (including phenoxy) is 3. The molecule has 0 spiro atoms. The van der Waals surface area contributed by atoms with Gasteiger partial charge in [-0.2, -0.15) is 8.42 Å². The fraction of sp³-hybridized carbons (Fsp3) is 0.909. The van der Waals surface area contributed by atoms with E-state index in [9.17, 15) is 18.0 Å². The Morgan fingerprint density at radius 3 is 1.52 bits per heavy atom. The molecule has 196 valence electrons. The molecule has 33 heavy (non-hydrogen) atoms. The van der Waals surface area contributed by atoms with Crippen LogP contribution in [0.3, 0.4) is 0 Å². The number of unbranched alkanes of at least 4 members (excludes halogenated alkanes) is 9. The molecule has 0 saturated heterocycles. The van der Waals surface area contributed by atoms with Crippen LogP contribution in [0.5, 0.6) is 0 Å². The van der Waals surface area contributed by atoms with Crippen molar-refractivity contribution in [3.05, 3.63) is 0 Å². The maximum absolute atomic E-state index is 11.2. The Labute approximate surface area is 197 Å². The van der Waals surface area contributed by atoms with Crippen LogP contribution in [0.25, 0.3) is 0 Å². The summed E-state index contributed by atoms with van der Waals surface area (Å²) in [7, 11) is -5.06. The number of carboxylic acid groups (broad SMARTS) is 2. The lowest BCUT2D eigenvalue weighted by Crippen LogP contribution is -2.41. The van der Waals surface area contributed by atoms with Gasteiger partial charge in [-0.1, -0.05) is 64.7 Å². The van der Waals surface area contributed by atoms with Crippen LogP contribution in [0.1, 0.15) is 77.6 Å². The average Bonchev–Trinajstić information content (AvgIpc) is 2.73. The fourth-order valence-electron chi connectivity index (χ4n) is 3.36. The normalized spacial score (nSPS) is 13.6. The summed E-state index contributed by atoms with van der Waals surface area (Å²) in [5.74, 6) is -5.39. The minimum atomic E-state index is -5.06. The van der Waals surface area contributed by atoms with Gasteiger partial charge in [-0.15, -0.1) is 0 Å². The smallest absolute Gasteiger partial charge is 0.325 e. The highest BCUT2D eigenvalue weighted by Gasteiger charge is 2.42. The number of hydrogen-bond acceptors (Lipinski definition) is 7. The van der Waals surface area contributed by atoms with Gasteiger partial charge in [-0.25, -0.2) is 0 Å². The minimum absolute atomic E-state index is 0.133. The van der Waals surface area contributed by atoms with Gasteiger partial charge in [-0.05, 0) is 12.8 Å². The molecular weight excluding hydrogens is 456 g/mol. The van der Waals surface area contributed by atoms with Gasteiger partial charge in [0.15, 0.2) is 5.25 Å². The van der Waals surface area contributed by atoms with Gasteiger partial charge in [0.1, 0.15) is 0 Å². The van der Waals surface area contributed by atoms with Crippen molar-refractivity contribution in [1.82, 2.24) is 0 Å². The topological polar surface area (TPSA) is 157 Å². The summed E-state index contributed by atoms with van der Waals surface area (Å²) in [6.45, 7) is 3.97. The zero-order valence-electron chi connectivity index (χ0n) is 19.8. The standard InChI is InChI=1S/C22H42O10S/c1-2-3-4-5-6-7-8-9-10-11-13-30-15-17-32-18-16-31-14-12-19(21(23)24)20(22(25)26)33(27,28)29/h19-20H,2-18H2,1H3,(H,23,24)(H,25,26)(H,27,28,29)/t19-,20-/m0/s1. The Balaban J connectivity index is 3.60. The van der Waals surface area contributed by atoms with Crippen LogP contribution < -0.4 is 0 Å². The van der Waals surface area contributed by atoms with Crippen LogP contribution in [-0.4, -0.2) is 80.0 Å². The Kier molecular flexibility index (Phi) is 19.4. The van der Waals surface area contributed by atoms with Gasteiger partial charge in [0.25, 0.3) is 10.1 Å². The van der Waals surface area contributed by atoms with E-state index in [0.717, 1.165) is 6.42 Å². The molecule has 0 aromatic heterocycles.